The molecule has 1 aromatic heterocycles. The molecule has 0 atom stereocenters. The van der Waals surface area contributed by atoms with Crippen molar-refractivity contribution in [3.8, 4) is 0 Å². The molecular formula is C26H29N3O2S. The smallest absolute Gasteiger partial charge is 0.262 e. The van der Waals surface area contributed by atoms with Crippen LogP contribution in [0.2, 0.25) is 0 Å². The predicted molar refractivity (Wildman–Crippen MR) is 131 cm³/mol. The Labute approximate surface area is 192 Å². The number of carbonyl (C=O) groups excluding carboxylic acids is 1. The molecule has 3 aromatic rings. The summed E-state index contributed by atoms with van der Waals surface area (Å²) >= 11 is 1.32. The van der Waals surface area contributed by atoms with Crippen LogP contribution in [-0.4, -0.2) is 27.8 Å². The number of fused-ring (bicyclic) bond motifs is 1. The Kier molecular flexibility index (Phi) is 7.43. The molecule has 0 spiro atoms. The number of aryl methyl sites for hydroxylation is 1. The van der Waals surface area contributed by atoms with Crippen molar-refractivity contribution in [1.82, 2.24) is 14.9 Å². The molecule has 1 amide bonds. The number of aromatic nitrogens is 2. The van der Waals surface area contributed by atoms with Crippen LogP contribution < -0.4 is 10.9 Å². The van der Waals surface area contributed by atoms with Crippen molar-refractivity contribution in [2.24, 2.45) is 0 Å². The van der Waals surface area contributed by atoms with E-state index in [1.165, 1.54) is 35.7 Å². The summed E-state index contributed by atoms with van der Waals surface area (Å²) in [5.41, 5.74) is 4.23. The first kappa shape index (κ1) is 22.3. The highest BCUT2D eigenvalue weighted by Gasteiger charge is 2.14. The average molecular weight is 448 g/mol. The van der Waals surface area contributed by atoms with E-state index >= 15 is 0 Å². The molecule has 1 aliphatic rings. The van der Waals surface area contributed by atoms with Gasteiger partial charge < -0.3 is 5.32 Å². The number of benzene rings is 2. The molecule has 1 heterocycles. The lowest BCUT2D eigenvalue weighted by atomic mass is 9.97. The molecule has 5 nitrogen and oxygen atoms in total. The number of hydrogen-bond acceptors (Lipinski definition) is 4. The van der Waals surface area contributed by atoms with Gasteiger partial charge in [-0.2, -0.15) is 0 Å². The third-order valence-corrected chi connectivity index (χ3v) is 6.75. The topological polar surface area (TPSA) is 64.0 Å². The predicted octanol–water partition coefficient (Wildman–Crippen LogP) is 4.85. The molecular weight excluding hydrogens is 418 g/mol. The van der Waals surface area contributed by atoms with E-state index in [2.05, 4.69) is 11.4 Å². The fourth-order valence-corrected chi connectivity index (χ4v) is 4.78. The fourth-order valence-electron chi connectivity index (χ4n) is 3.95. The van der Waals surface area contributed by atoms with E-state index in [1.54, 1.807) is 10.6 Å². The highest BCUT2D eigenvalue weighted by atomic mass is 32.2. The lowest BCUT2D eigenvalue weighted by molar-refractivity contribution is -0.118. The summed E-state index contributed by atoms with van der Waals surface area (Å²) in [5.74, 6) is 0.202. The van der Waals surface area contributed by atoms with Gasteiger partial charge in [0.05, 0.1) is 23.2 Å². The zero-order valence-electron chi connectivity index (χ0n) is 18.5. The summed E-state index contributed by atoms with van der Waals surface area (Å²) in [6, 6.07) is 15.5. The zero-order valence-corrected chi connectivity index (χ0v) is 19.3. The van der Waals surface area contributed by atoms with Gasteiger partial charge in [-0.15, -0.1) is 0 Å². The monoisotopic (exact) mass is 447 g/mol. The second-order valence-electron chi connectivity index (χ2n) is 8.29. The number of allylic oxidation sites excluding steroid dienone is 1. The highest BCUT2D eigenvalue weighted by molar-refractivity contribution is 7.99. The molecule has 1 aliphatic carbocycles. The second-order valence-corrected chi connectivity index (χ2v) is 9.23. The van der Waals surface area contributed by atoms with Crippen LogP contribution in [0.15, 0.2) is 70.1 Å². The summed E-state index contributed by atoms with van der Waals surface area (Å²) in [7, 11) is 0. The largest absolute Gasteiger partial charge is 0.355 e. The molecule has 0 fully saturated rings. The van der Waals surface area contributed by atoms with Gasteiger partial charge >= 0.3 is 0 Å². The van der Waals surface area contributed by atoms with Crippen molar-refractivity contribution in [2.75, 3.05) is 12.3 Å². The molecule has 0 unspecified atom stereocenters. The van der Waals surface area contributed by atoms with Crippen LogP contribution in [0.4, 0.5) is 0 Å². The second kappa shape index (κ2) is 10.6. The van der Waals surface area contributed by atoms with Crippen molar-refractivity contribution >= 4 is 28.6 Å². The van der Waals surface area contributed by atoms with Crippen LogP contribution in [-0.2, 0) is 11.3 Å². The molecule has 4 rings (SSSR count). The first-order valence-electron chi connectivity index (χ1n) is 11.2. The average Bonchev–Trinajstić information content (AvgIpc) is 2.82. The minimum absolute atomic E-state index is 0.0318. The van der Waals surface area contributed by atoms with Crippen molar-refractivity contribution < 1.29 is 4.79 Å². The lowest BCUT2D eigenvalue weighted by Crippen LogP contribution is -2.28. The number of nitrogens with one attached hydrogen (secondary N) is 1. The summed E-state index contributed by atoms with van der Waals surface area (Å²) < 4.78 is 1.68. The van der Waals surface area contributed by atoms with Crippen LogP contribution in [0.1, 0.15) is 43.2 Å². The first-order valence-corrected chi connectivity index (χ1v) is 12.2. The molecule has 0 aliphatic heterocycles. The van der Waals surface area contributed by atoms with Gasteiger partial charge in [-0.05, 0) is 56.7 Å². The van der Waals surface area contributed by atoms with Gasteiger partial charge in [-0.3, -0.25) is 14.2 Å². The fraction of sp³-hybridized carbons (Fsp3) is 0.346. The number of thioether (sulfide) groups is 1. The zero-order chi connectivity index (χ0) is 22.3. The Morgan fingerprint density at radius 2 is 1.94 bits per heavy atom. The van der Waals surface area contributed by atoms with Crippen LogP contribution >= 0.6 is 11.8 Å². The Bertz CT molecular complexity index is 1180. The SMILES string of the molecule is Cc1ccc(Cn2c(SCC(=O)NCCC3=CCCCC3)nc3ccccc3c2=O)cc1. The lowest BCUT2D eigenvalue weighted by Gasteiger charge is -2.14. The maximum atomic E-state index is 13.2. The van der Waals surface area contributed by atoms with Crippen molar-refractivity contribution in [3.63, 3.8) is 0 Å². The third-order valence-electron chi connectivity index (χ3n) is 5.77. The van der Waals surface area contributed by atoms with Crippen molar-refractivity contribution in [2.45, 2.75) is 50.7 Å². The Hall–Kier alpha value is -2.86. The minimum atomic E-state index is -0.0803. The summed E-state index contributed by atoms with van der Waals surface area (Å²) in [4.78, 5) is 30.4. The van der Waals surface area contributed by atoms with E-state index in [0.29, 0.717) is 29.1 Å². The number of nitrogens with zero attached hydrogens (tertiary/aromatic N) is 2. The van der Waals surface area contributed by atoms with E-state index in [9.17, 15) is 9.59 Å². The molecule has 2 aromatic carbocycles. The number of rotatable bonds is 8. The van der Waals surface area contributed by atoms with Gasteiger partial charge in [0.1, 0.15) is 0 Å². The Balaban J connectivity index is 1.47. The van der Waals surface area contributed by atoms with E-state index in [0.717, 1.165) is 24.8 Å². The molecule has 0 saturated heterocycles. The van der Waals surface area contributed by atoms with Gasteiger partial charge in [0, 0.05) is 6.54 Å². The van der Waals surface area contributed by atoms with E-state index in [1.807, 2.05) is 49.4 Å². The molecule has 32 heavy (non-hydrogen) atoms. The van der Waals surface area contributed by atoms with Gasteiger partial charge in [-0.25, -0.2) is 4.98 Å². The van der Waals surface area contributed by atoms with Crippen molar-refractivity contribution in [1.29, 1.82) is 0 Å². The standard InChI is InChI=1S/C26H29N3O2S/c1-19-11-13-21(14-12-19)17-29-25(31)22-9-5-6-10-23(22)28-26(29)32-18-24(30)27-16-15-20-7-3-2-4-8-20/h5-7,9-14H,2-4,8,15-18H2,1H3,(H,27,30). The normalized spacial score (nSPS) is 13.7. The third kappa shape index (κ3) is 5.68. The molecule has 0 bridgehead atoms. The van der Waals surface area contributed by atoms with Gasteiger partial charge in [0.15, 0.2) is 5.16 Å². The summed E-state index contributed by atoms with van der Waals surface area (Å²) in [5, 5.41) is 4.17. The van der Waals surface area contributed by atoms with Crippen molar-refractivity contribution in [3.05, 3.63) is 81.7 Å². The molecule has 166 valence electrons. The van der Waals surface area contributed by atoms with Crippen LogP contribution in [0.3, 0.4) is 0 Å². The Morgan fingerprint density at radius 1 is 1.12 bits per heavy atom. The molecule has 0 saturated carbocycles. The number of carbonyl (C=O) groups is 1. The van der Waals surface area contributed by atoms with Crippen LogP contribution in [0.5, 0.6) is 0 Å². The quantitative estimate of drug-likeness (QED) is 0.305. The summed E-state index contributed by atoms with van der Waals surface area (Å²) in [6.45, 7) is 3.12. The minimum Gasteiger partial charge on any atom is -0.355 e. The van der Waals surface area contributed by atoms with Crippen LogP contribution in [0, 0.1) is 6.92 Å². The first-order chi connectivity index (χ1) is 15.6. The molecule has 1 N–H and O–H groups in total. The summed E-state index contributed by atoms with van der Waals surface area (Å²) in [6.07, 6.45) is 8.06. The van der Waals surface area contributed by atoms with E-state index in [4.69, 9.17) is 4.98 Å². The highest BCUT2D eigenvalue weighted by Crippen LogP contribution is 2.20. The number of amides is 1. The molecule has 6 heteroatoms. The van der Waals surface area contributed by atoms with Gasteiger partial charge in [0.25, 0.3) is 5.56 Å². The number of hydrogen-bond donors (Lipinski definition) is 1. The molecule has 0 radical (unpaired) electrons. The maximum Gasteiger partial charge on any atom is 0.262 e. The number of para-hydroxylation sites is 1. The van der Waals surface area contributed by atoms with Gasteiger partial charge in [0.2, 0.25) is 5.91 Å². The maximum absolute atomic E-state index is 13.2. The Morgan fingerprint density at radius 3 is 2.72 bits per heavy atom. The van der Waals surface area contributed by atoms with Gasteiger partial charge in [-0.1, -0.05) is 65.4 Å². The van der Waals surface area contributed by atoms with E-state index < -0.39 is 0 Å². The van der Waals surface area contributed by atoms with Crippen LogP contribution in [0.25, 0.3) is 10.9 Å². The van der Waals surface area contributed by atoms with E-state index in [-0.39, 0.29) is 17.2 Å².